The van der Waals surface area contributed by atoms with Gasteiger partial charge in [0.15, 0.2) is 0 Å². The molecule has 0 aromatic heterocycles. The van der Waals surface area contributed by atoms with Gasteiger partial charge in [0.05, 0.1) is 6.67 Å². The van der Waals surface area contributed by atoms with Crippen molar-refractivity contribution >= 4 is 5.91 Å². The number of carbonyl (C=O) groups is 1. The monoisotopic (exact) mass is 173 g/mol. The molecule has 1 amide bonds. The average molecular weight is 173 g/mol. The summed E-state index contributed by atoms with van der Waals surface area (Å²) in [6, 6.07) is 0. The van der Waals surface area contributed by atoms with Gasteiger partial charge in [0, 0.05) is 20.0 Å². The summed E-state index contributed by atoms with van der Waals surface area (Å²) in [7, 11) is 0. The summed E-state index contributed by atoms with van der Waals surface area (Å²) >= 11 is 0. The van der Waals surface area contributed by atoms with E-state index in [-0.39, 0.29) is 18.0 Å². The van der Waals surface area contributed by atoms with Gasteiger partial charge in [-0.25, -0.2) is 0 Å². The quantitative estimate of drug-likeness (QED) is 0.590. The van der Waals surface area contributed by atoms with Crippen molar-refractivity contribution in [1.82, 2.24) is 4.90 Å². The average Bonchev–Trinajstić information content (AvgIpc) is 2.05. The highest BCUT2D eigenvalue weighted by atomic mass is 19.1. The Hall–Kier alpha value is -0.600. The molecule has 0 spiro atoms. The van der Waals surface area contributed by atoms with Crippen molar-refractivity contribution in [3.8, 4) is 0 Å². The Morgan fingerprint density at radius 2 is 2.00 bits per heavy atom. The van der Waals surface area contributed by atoms with E-state index in [0.29, 0.717) is 0 Å². The number of piperidine rings is 1. The van der Waals surface area contributed by atoms with Crippen LogP contribution in [-0.2, 0) is 4.79 Å². The minimum absolute atomic E-state index is 0.107. The predicted molar refractivity (Wildman–Crippen MR) is 45.6 cm³/mol. The van der Waals surface area contributed by atoms with Crippen LogP contribution in [0.3, 0.4) is 0 Å². The molecule has 0 saturated carbocycles. The lowest BCUT2D eigenvalue weighted by molar-refractivity contribution is -0.131. The van der Waals surface area contributed by atoms with E-state index in [1.54, 1.807) is 11.8 Å². The van der Waals surface area contributed by atoms with E-state index in [4.69, 9.17) is 0 Å². The number of amides is 1. The van der Waals surface area contributed by atoms with Crippen LogP contribution in [0.25, 0.3) is 0 Å². The Morgan fingerprint density at radius 1 is 1.50 bits per heavy atom. The standard InChI is InChI=1S/C9H16FNO/c1-8(12)11-5-3-9(2,7-10)4-6-11/h3-7H2,1-2H3. The van der Waals surface area contributed by atoms with Gasteiger partial charge in [-0.3, -0.25) is 9.18 Å². The van der Waals surface area contributed by atoms with E-state index < -0.39 is 0 Å². The molecule has 12 heavy (non-hydrogen) atoms. The Kier molecular flexibility index (Phi) is 2.70. The molecular formula is C9H16FNO. The molecule has 0 bridgehead atoms. The lowest BCUT2D eigenvalue weighted by Crippen LogP contribution is -2.41. The summed E-state index contributed by atoms with van der Waals surface area (Å²) < 4.78 is 12.5. The molecule has 0 aromatic carbocycles. The molecule has 0 unspecified atom stereocenters. The first-order valence-corrected chi connectivity index (χ1v) is 4.39. The van der Waals surface area contributed by atoms with Crippen LogP contribution in [0.2, 0.25) is 0 Å². The molecule has 1 fully saturated rings. The Labute approximate surface area is 72.7 Å². The third-order valence-corrected chi connectivity index (χ3v) is 2.74. The highest BCUT2D eigenvalue weighted by Crippen LogP contribution is 2.30. The van der Waals surface area contributed by atoms with Gasteiger partial charge in [-0.1, -0.05) is 6.92 Å². The van der Waals surface area contributed by atoms with Crippen LogP contribution in [0.4, 0.5) is 4.39 Å². The Morgan fingerprint density at radius 3 is 2.33 bits per heavy atom. The topological polar surface area (TPSA) is 20.3 Å². The number of hydrogen-bond donors (Lipinski definition) is 0. The summed E-state index contributed by atoms with van der Waals surface area (Å²) in [5.74, 6) is 0.107. The van der Waals surface area contributed by atoms with Crippen molar-refractivity contribution < 1.29 is 9.18 Å². The second-order valence-corrected chi connectivity index (χ2v) is 3.95. The van der Waals surface area contributed by atoms with Gasteiger partial charge in [0.25, 0.3) is 0 Å². The third kappa shape index (κ3) is 1.96. The molecule has 70 valence electrons. The molecule has 1 aliphatic heterocycles. The zero-order valence-corrected chi connectivity index (χ0v) is 7.77. The van der Waals surface area contributed by atoms with E-state index >= 15 is 0 Å². The minimum Gasteiger partial charge on any atom is -0.343 e. The first kappa shape index (κ1) is 9.49. The second kappa shape index (κ2) is 3.42. The SMILES string of the molecule is CC(=O)N1CCC(C)(CF)CC1. The second-order valence-electron chi connectivity index (χ2n) is 3.95. The van der Waals surface area contributed by atoms with Gasteiger partial charge in [-0.2, -0.15) is 0 Å². The summed E-state index contributed by atoms with van der Waals surface area (Å²) in [5, 5.41) is 0. The molecule has 0 aromatic rings. The van der Waals surface area contributed by atoms with Gasteiger partial charge in [0.2, 0.25) is 5.91 Å². The van der Waals surface area contributed by atoms with Crippen molar-refractivity contribution in [3.05, 3.63) is 0 Å². The van der Waals surface area contributed by atoms with Crippen LogP contribution < -0.4 is 0 Å². The first-order chi connectivity index (χ1) is 5.57. The van der Waals surface area contributed by atoms with Crippen molar-refractivity contribution in [3.63, 3.8) is 0 Å². The summed E-state index contributed by atoms with van der Waals surface area (Å²) in [6.07, 6.45) is 1.59. The maximum atomic E-state index is 12.5. The molecule has 0 radical (unpaired) electrons. The largest absolute Gasteiger partial charge is 0.343 e. The van der Waals surface area contributed by atoms with Crippen molar-refractivity contribution in [2.75, 3.05) is 19.8 Å². The Bertz CT molecular complexity index is 173. The van der Waals surface area contributed by atoms with E-state index in [0.717, 1.165) is 25.9 Å². The van der Waals surface area contributed by atoms with Gasteiger partial charge in [0.1, 0.15) is 0 Å². The molecule has 0 aliphatic carbocycles. The Balaban J connectivity index is 2.44. The lowest BCUT2D eigenvalue weighted by atomic mass is 9.82. The normalized spacial score (nSPS) is 22.4. The molecule has 3 heteroatoms. The zero-order valence-electron chi connectivity index (χ0n) is 7.77. The fourth-order valence-corrected chi connectivity index (χ4v) is 1.50. The van der Waals surface area contributed by atoms with Gasteiger partial charge < -0.3 is 4.90 Å². The van der Waals surface area contributed by atoms with Crippen molar-refractivity contribution in [2.24, 2.45) is 5.41 Å². The van der Waals surface area contributed by atoms with Gasteiger partial charge in [-0.05, 0) is 18.3 Å². The number of rotatable bonds is 1. The van der Waals surface area contributed by atoms with E-state index in [1.165, 1.54) is 0 Å². The molecular weight excluding hydrogens is 157 g/mol. The van der Waals surface area contributed by atoms with Crippen LogP contribution in [-0.4, -0.2) is 30.6 Å². The molecule has 1 saturated heterocycles. The number of nitrogens with zero attached hydrogens (tertiary/aromatic N) is 1. The molecule has 1 heterocycles. The first-order valence-electron chi connectivity index (χ1n) is 4.39. The van der Waals surface area contributed by atoms with Gasteiger partial charge >= 0.3 is 0 Å². The lowest BCUT2D eigenvalue weighted by Gasteiger charge is -2.37. The number of likely N-dealkylation sites (tertiary alicyclic amines) is 1. The van der Waals surface area contributed by atoms with Crippen LogP contribution in [0.15, 0.2) is 0 Å². The number of carbonyl (C=O) groups excluding carboxylic acids is 1. The highest BCUT2D eigenvalue weighted by molar-refractivity contribution is 5.73. The zero-order chi connectivity index (χ0) is 9.19. The summed E-state index contributed by atoms with van der Waals surface area (Å²) in [5.41, 5.74) is -0.175. The van der Waals surface area contributed by atoms with Crippen molar-refractivity contribution in [1.29, 1.82) is 0 Å². The number of halogens is 1. The fraction of sp³-hybridized carbons (Fsp3) is 0.889. The van der Waals surface area contributed by atoms with E-state index in [2.05, 4.69) is 0 Å². The smallest absolute Gasteiger partial charge is 0.219 e. The third-order valence-electron chi connectivity index (χ3n) is 2.74. The molecule has 1 rings (SSSR count). The molecule has 2 nitrogen and oxygen atoms in total. The van der Waals surface area contributed by atoms with E-state index in [1.807, 2.05) is 6.92 Å². The number of hydrogen-bond acceptors (Lipinski definition) is 1. The maximum absolute atomic E-state index is 12.5. The van der Waals surface area contributed by atoms with E-state index in [9.17, 15) is 9.18 Å². The van der Waals surface area contributed by atoms with Crippen LogP contribution in [0.5, 0.6) is 0 Å². The molecule has 1 aliphatic rings. The summed E-state index contributed by atoms with van der Waals surface area (Å²) in [6.45, 7) is 4.69. The van der Waals surface area contributed by atoms with Crippen molar-refractivity contribution in [2.45, 2.75) is 26.7 Å². The van der Waals surface area contributed by atoms with Gasteiger partial charge in [-0.15, -0.1) is 0 Å². The predicted octanol–water partition coefficient (Wildman–Crippen LogP) is 1.60. The fourth-order valence-electron chi connectivity index (χ4n) is 1.50. The molecule has 0 N–H and O–H groups in total. The van der Waals surface area contributed by atoms with Crippen LogP contribution in [0.1, 0.15) is 26.7 Å². The minimum atomic E-state index is -0.265. The summed E-state index contributed by atoms with van der Waals surface area (Å²) in [4.78, 5) is 12.7. The van der Waals surface area contributed by atoms with Crippen LogP contribution in [0, 0.1) is 5.41 Å². The number of alkyl halides is 1. The van der Waals surface area contributed by atoms with Crippen LogP contribution >= 0.6 is 0 Å². The maximum Gasteiger partial charge on any atom is 0.219 e. The molecule has 0 atom stereocenters. The highest BCUT2D eigenvalue weighted by Gasteiger charge is 2.30.